The number of fused-ring (bicyclic) bond motifs is 1. The van der Waals surface area contributed by atoms with Crippen molar-refractivity contribution in [2.45, 2.75) is 25.7 Å². The molecule has 2 aromatic carbocycles. The molecule has 1 fully saturated rings. The van der Waals surface area contributed by atoms with Crippen LogP contribution in [-0.2, 0) is 14.8 Å². The SMILES string of the molecule is Cc1ccc(/C=C/S(=O)(=O)NCC(=O)N2CCCC(c3nc4ccccc4[nH]3)C2)cc1. The zero-order chi connectivity index (χ0) is 21.8. The second-order valence-electron chi connectivity index (χ2n) is 7.90. The summed E-state index contributed by atoms with van der Waals surface area (Å²) in [5.74, 6) is 0.761. The summed E-state index contributed by atoms with van der Waals surface area (Å²) in [5.41, 5.74) is 3.78. The van der Waals surface area contributed by atoms with E-state index >= 15 is 0 Å². The van der Waals surface area contributed by atoms with Crippen LogP contribution in [0.1, 0.15) is 35.7 Å². The summed E-state index contributed by atoms with van der Waals surface area (Å²) < 4.78 is 26.9. The maximum absolute atomic E-state index is 12.6. The van der Waals surface area contributed by atoms with E-state index in [0.29, 0.717) is 13.1 Å². The van der Waals surface area contributed by atoms with E-state index in [-0.39, 0.29) is 18.4 Å². The van der Waals surface area contributed by atoms with Gasteiger partial charge in [0.2, 0.25) is 15.9 Å². The Morgan fingerprint density at radius 1 is 1.23 bits per heavy atom. The molecule has 1 aliphatic heterocycles. The van der Waals surface area contributed by atoms with Crippen LogP contribution in [0.5, 0.6) is 0 Å². The van der Waals surface area contributed by atoms with Crippen LogP contribution < -0.4 is 4.72 Å². The number of hydrogen-bond donors (Lipinski definition) is 2. The van der Waals surface area contributed by atoms with Gasteiger partial charge in [0, 0.05) is 24.4 Å². The molecule has 1 unspecified atom stereocenters. The smallest absolute Gasteiger partial charge is 0.237 e. The van der Waals surface area contributed by atoms with Gasteiger partial charge in [0.1, 0.15) is 5.82 Å². The number of hydrogen-bond acceptors (Lipinski definition) is 4. The van der Waals surface area contributed by atoms with Crippen LogP contribution in [0.3, 0.4) is 0 Å². The predicted molar refractivity (Wildman–Crippen MR) is 122 cm³/mol. The number of nitrogens with zero attached hydrogens (tertiary/aromatic N) is 2. The lowest BCUT2D eigenvalue weighted by Gasteiger charge is -2.31. The van der Waals surface area contributed by atoms with Gasteiger partial charge in [-0.2, -0.15) is 0 Å². The number of imidazole rings is 1. The van der Waals surface area contributed by atoms with Gasteiger partial charge in [-0.1, -0.05) is 42.0 Å². The maximum atomic E-state index is 12.6. The summed E-state index contributed by atoms with van der Waals surface area (Å²) in [6.45, 7) is 2.86. The van der Waals surface area contributed by atoms with Crippen molar-refractivity contribution < 1.29 is 13.2 Å². The molecule has 31 heavy (non-hydrogen) atoms. The number of H-pyrrole nitrogens is 1. The first-order chi connectivity index (χ1) is 14.9. The van der Waals surface area contributed by atoms with E-state index in [1.165, 1.54) is 6.08 Å². The number of nitrogens with one attached hydrogen (secondary N) is 2. The Balaban J connectivity index is 1.35. The number of benzene rings is 2. The van der Waals surface area contributed by atoms with E-state index in [9.17, 15) is 13.2 Å². The fourth-order valence-electron chi connectivity index (χ4n) is 3.76. The number of rotatable bonds is 6. The molecule has 2 N–H and O–H groups in total. The molecule has 1 aliphatic rings. The van der Waals surface area contributed by atoms with Crippen molar-refractivity contribution in [3.63, 3.8) is 0 Å². The van der Waals surface area contributed by atoms with Crippen LogP contribution in [0.2, 0.25) is 0 Å². The quantitative estimate of drug-likeness (QED) is 0.618. The van der Waals surface area contributed by atoms with Crippen molar-refractivity contribution in [2.24, 2.45) is 0 Å². The van der Waals surface area contributed by atoms with Crippen molar-refractivity contribution in [1.82, 2.24) is 19.6 Å². The Hall–Kier alpha value is -2.97. The van der Waals surface area contributed by atoms with Gasteiger partial charge in [-0.05, 0) is 43.5 Å². The molecule has 0 aliphatic carbocycles. The van der Waals surface area contributed by atoms with Gasteiger partial charge in [-0.3, -0.25) is 4.79 Å². The Kier molecular flexibility index (Phi) is 6.20. The highest BCUT2D eigenvalue weighted by Crippen LogP contribution is 2.26. The number of aromatic amines is 1. The normalized spacial score (nSPS) is 17.5. The zero-order valence-corrected chi connectivity index (χ0v) is 18.2. The molecule has 3 aromatic rings. The van der Waals surface area contributed by atoms with Gasteiger partial charge < -0.3 is 9.88 Å². The molecule has 4 rings (SSSR count). The lowest BCUT2D eigenvalue weighted by molar-refractivity contribution is -0.131. The minimum atomic E-state index is -3.70. The number of aryl methyl sites for hydroxylation is 1. The van der Waals surface area contributed by atoms with E-state index < -0.39 is 10.0 Å². The van der Waals surface area contributed by atoms with Gasteiger partial charge >= 0.3 is 0 Å². The van der Waals surface area contributed by atoms with Gasteiger partial charge in [-0.15, -0.1) is 0 Å². The molecule has 0 spiro atoms. The van der Waals surface area contributed by atoms with Gasteiger partial charge in [-0.25, -0.2) is 18.1 Å². The molecule has 1 aromatic heterocycles. The monoisotopic (exact) mass is 438 g/mol. The third-order valence-corrected chi connectivity index (χ3v) is 6.55. The minimum absolute atomic E-state index is 0.114. The second-order valence-corrected chi connectivity index (χ2v) is 9.55. The molecule has 8 heteroatoms. The molecule has 162 valence electrons. The molecule has 1 saturated heterocycles. The van der Waals surface area contributed by atoms with E-state index in [0.717, 1.165) is 46.2 Å². The molecule has 7 nitrogen and oxygen atoms in total. The largest absolute Gasteiger partial charge is 0.342 e. The van der Waals surface area contributed by atoms with Gasteiger partial charge in [0.15, 0.2) is 0 Å². The molecular formula is C23H26N4O3S. The summed E-state index contributed by atoms with van der Waals surface area (Å²) in [6.07, 6.45) is 3.31. The summed E-state index contributed by atoms with van der Waals surface area (Å²) >= 11 is 0. The highest BCUT2D eigenvalue weighted by atomic mass is 32.2. The first kappa shape index (κ1) is 21.3. The molecule has 2 heterocycles. The number of para-hydroxylation sites is 2. The number of piperidine rings is 1. The Labute approximate surface area is 182 Å². The van der Waals surface area contributed by atoms with Crippen molar-refractivity contribution in [3.8, 4) is 0 Å². The standard InChI is InChI=1S/C23H26N4O3S/c1-17-8-10-18(11-9-17)12-14-31(29,30)24-15-22(28)27-13-4-5-19(16-27)23-25-20-6-2-3-7-21(20)26-23/h2-3,6-12,14,19,24H,4-5,13,15-16H2,1H3,(H,25,26)/b14-12+. The number of amides is 1. The van der Waals surface area contributed by atoms with Crippen LogP contribution in [0.25, 0.3) is 17.1 Å². The Bertz CT molecular complexity index is 1170. The fraction of sp³-hybridized carbons (Fsp3) is 0.304. The number of carbonyl (C=O) groups is 1. The van der Waals surface area contributed by atoms with Crippen molar-refractivity contribution in [2.75, 3.05) is 19.6 Å². The van der Waals surface area contributed by atoms with Gasteiger partial charge in [0.05, 0.1) is 17.6 Å². The van der Waals surface area contributed by atoms with Crippen LogP contribution in [0.4, 0.5) is 0 Å². The lowest BCUT2D eigenvalue weighted by atomic mass is 9.97. The molecule has 1 amide bonds. The van der Waals surface area contributed by atoms with E-state index in [1.807, 2.05) is 55.5 Å². The summed E-state index contributed by atoms with van der Waals surface area (Å²) in [4.78, 5) is 22.4. The van der Waals surface area contributed by atoms with E-state index in [2.05, 4.69) is 14.7 Å². The maximum Gasteiger partial charge on any atom is 0.237 e. The van der Waals surface area contributed by atoms with E-state index in [1.54, 1.807) is 4.90 Å². The van der Waals surface area contributed by atoms with Gasteiger partial charge in [0.25, 0.3) is 0 Å². The highest BCUT2D eigenvalue weighted by Gasteiger charge is 2.27. The fourth-order valence-corrected chi connectivity index (χ4v) is 4.52. The first-order valence-electron chi connectivity index (χ1n) is 10.4. The van der Waals surface area contributed by atoms with Crippen molar-refractivity contribution in [1.29, 1.82) is 0 Å². The first-order valence-corrected chi connectivity index (χ1v) is 11.9. The summed E-state index contributed by atoms with van der Waals surface area (Å²) in [6, 6.07) is 15.4. The minimum Gasteiger partial charge on any atom is -0.342 e. The predicted octanol–water partition coefficient (Wildman–Crippen LogP) is 3.17. The average molecular weight is 439 g/mol. The topological polar surface area (TPSA) is 95.2 Å². The van der Waals surface area contributed by atoms with Crippen molar-refractivity contribution >= 4 is 33.0 Å². The molecule has 0 saturated carbocycles. The molecule has 0 bridgehead atoms. The summed E-state index contributed by atoms with van der Waals surface area (Å²) in [5, 5.41) is 1.10. The van der Waals surface area contributed by atoms with Crippen LogP contribution in [-0.4, -0.2) is 48.8 Å². The number of likely N-dealkylation sites (tertiary alicyclic amines) is 1. The lowest BCUT2D eigenvalue weighted by Crippen LogP contribution is -2.44. The van der Waals surface area contributed by atoms with Crippen LogP contribution >= 0.6 is 0 Å². The zero-order valence-electron chi connectivity index (χ0n) is 17.4. The number of carbonyl (C=O) groups excluding carboxylic acids is 1. The Morgan fingerprint density at radius 3 is 2.77 bits per heavy atom. The average Bonchev–Trinajstić information content (AvgIpc) is 3.22. The Morgan fingerprint density at radius 2 is 2.00 bits per heavy atom. The second kappa shape index (κ2) is 9.03. The van der Waals surface area contributed by atoms with E-state index in [4.69, 9.17) is 0 Å². The molecule has 1 atom stereocenters. The van der Waals surface area contributed by atoms with Crippen LogP contribution in [0, 0.1) is 6.92 Å². The molecule has 0 radical (unpaired) electrons. The third-order valence-electron chi connectivity index (χ3n) is 5.51. The van der Waals surface area contributed by atoms with Crippen molar-refractivity contribution in [3.05, 3.63) is 70.9 Å². The van der Waals surface area contributed by atoms with Crippen LogP contribution in [0.15, 0.2) is 53.9 Å². The highest BCUT2D eigenvalue weighted by molar-refractivity contribution is 7.92. The molecular weight excluding hydrogens is 412 g/mol. The summed E-state index contributed by atoms with van der Waals surface area (Å²) in [7, 11) is -3.70. The third kappa shape index (κ3) is 5.39. The number of sulfonamides is 1. The number of aromatic nitrogens is 2.